The fourth-order valence-electron chi connectivity index (χ4n) is 3.99. The lowest BCUT2D eigenvalue weighted by atomic mass is 9.84. The van der Waals surface area contributed by atoms with Crippen molar-refractivity contribution in [2.75, 3.05) is 19.0 Å². The van der Waals surface area contributed by atoms with Gasteiger partial charge in [-0.15, -0.1) is 11.3 Å². The van der Waals surface area contributed by atoms with Gasteiger partial charge in [0.25, 0.3) is 0 Å². The van der Waals surface area contributed by atoms with Crippen molar-refractivity contribution < 1.29 is 4.79 Å². The first-order valence-corrected chi connectivity index (χ1v) is 10.5. The lowest BCUT2D eigenvalue weighted by Crippen LogP contribution is -2.11. The Labute approximate surface area is 173 Å². The van der Waals surface area contributed by atoms with E-state index in [0.717, 1.165) is 33.6 Å². The van der Waals surface area contributed by atoms with Crippen LogP contribution in [0.1, 0.15) is 21.5 Å². The number of fused-ring (bicyclic) bond motifs is 4. The first-order valence-electron chi connectivity index (χ1n) is 9.64. The number of rotatable bonds is 3. The van der Waals surface area contributed by atoms with Crippen molar-refractivity contribution in [2.24, 2.45) is 5.73 Å². The topological polar surface area (TPSA) is 59.2 Å². The van der Waals surface area contributed by atoms with Gasteiger partial charge in [0, 0.05) is 30.9 Å². The number of thiazole rings is 1. The molecule has 144 valence electrons. The maximum absolute atomic E-state index is 11.4. The molecule has 0 fully saturated rings. The molecule has 0 bridgehead atoms. The highest BCUT2D eigenvalue weighted by Crippen LogP contribution is 2.38. The number of nitrogens with zero attached hydrogens (tertiary/aromatic N) is 2. The molecule has 3 aromatic carbocycles. The van der Waals surface area contributed by atoms with Crippen LogP contribution in [-0.2, 0) is 12.8 Å². The SMILES string of the molecule is CN(C)c1ccc2c(c1)CCc1cc(-c3nc4ccc(C(N)=O)cc4s3)ccc1-2. The van der Waals surface area contributed by atoms with E-state index in [1.165, 1.54) is 27.9 Å². The number of amides is 1. The molecule has 0 atom stereocenters. The number of aryl methyl sites for hydroxylation is 2. The van der Waals surface area contributed by atoms with Crippen molar-refractivity contribution in [3.8, 4) is 21.7 Å². The first kappa shape index (κ1) is 17.9. The van der Waals surface area contributed by atoms with Crippen LogP contribution in [0.5, 0.6) is 0 Å². The molecule has 0 saturated carbocycles. The Morgan fingerprint density at radius 3 is 2.41 bits per heavy atom. The van der Waals surface area contributed by atoms with Crippen LogP contribution in [0.15, 0.2) is 54.6 Å². The van der Waals surface area contributed by atoms with Crippen LogP contribution in [-0.4, -0.2) is 25.0 Å². The molecule has 5 heteroatoms. The third-order valence-corrected chi connectivity index (χ3v) is 6.65. The summed E-state index contributed by atoms with van der Waals surface area (Å²) in [6.07, 6.45) is 2.08. The van der Waals surface area contributed by atoms with Crippen molar-refractivity contribution in [1.82, 2.24) is 4.98 Å². The van der Waals surface area contributed by atoms with Crippen LogP contribution >= 0.6 is 11.3 Å². The zero-order chi connectivity index (χ0) is 20.1. The second kappa shape index (κ2) is 6.71. The molecular weight excluding hydrogens is 378 g/mol. The van der Waals surface area contributed by atoms with Crippen molar-refractivity contribution in [3.05, 3.63) is 71.3 Å². The van der Waals surface area contributed by atoms with Gasteiger partial charge in [-0.1, -0.05) is 18.2 Å². The number of aromatic nitrogens is 1. The minimum atomic E-state index is -0.410. The van der Waals surface area contributed by atoms with E-state index in [4.69, 9.17) is 10.7 Å². The van der Waals surface area contributed by atoms with Crippen LogP contribution in [0, 0.1) is 0 Å². The fourth-order valence-corrected chi connectivity index (χ4v) is 5.00. The van der Waals surface area contributed by atoms with Gasteiger partial charge in [-0.05, 0) is 71.5 Å². The number of primary amides is 1. The normalized spacial score (nSPS) is 12.5. The summed E-state index contributed by atoms with van der Waals surface area (Å²) in [5.41, 5.74) is 14.6. The number of benzene rings is 3. The predicted octanol–water partition coefficient (Wildman–Crippen LogP) is 4.89. The predicted molar refractivity (Wildman–Crippen MR) is 121 cm³/mol. The lowest BCUT2D eigenvalue weighted by molar-refractivity contribution is 0.100. The average molecular weight is 400 g/mol. The summed E-state index contributed by atoms with van der Waals surface area (Å²) in [5, 5.41) is 0.971. The van der Waals surface area contributed by atoms with E-state index >= 15 is 0 Å². The summed E-state index contributed by atoms with van der Waals surface area (Å²) in [7, 11) is 4.16. The average Bonchev–Trinajstić information content (AvgIpc) is 3.16. The second-order valence-corrected chi connectivity index (χ2v) is 8.70. The molecule has 0 aliphatic heterocycles. The molecule has 1 aliphatic carbocycles. The summed E-state index contributed by atoms with van der Waals surface area (Å²) < 4.78 is 0.982. The van der Waals surface area contributed by atoms with Crippen molar-refractivity contribution >= 4 is 33.1 Å². The van der Waals surface area contributed by atoms with Gasteiger partial charge in [-0.3, -0.25) is 4.79 Å². The Hall–Kier alpha value is -3.18. The summed E-state index contributed by atoms with van der Waals surface area (Å²) in [5.74, 6) is -0.410. The van der Waals surface area contributed by atoms with Gasteiger partial charge in [-0.2, -0.15) is 0 Å². The minimum absolute atomic E-state index is 0.410. The van der Waals surface area contributed by atoms with Crippen molar-refractivity contribution in [1.29, 1.82) is 0 Å². The lowest BCUT2D eigenvalue weighted by Gasteiger charge is -2.23. The van der Waals surface area contributed by atoms with Crippen LogP contribution in [0.25, 0.3) is 31.9 Å². The molecule has 1 aliphatic rings. The highest BCUT2D eigenvalue weighted by atomic mass is 32.1. The second-order valence-electron chi connectivity index (χ2n) is 7.67. The molecule has 1 aromatic heterocycles. The Morgan fingerprint density at radius 1 is 0.966 bits per heavy atom. The number of hydrogen-bond donors (Lipinski definition) is 1. The highest BCUT2D eigenvalue weighted by Gasteiger charge is 2.18. The van der Waals surface area contributed by atoms with Gasteiger partial charge in [-0.25, -0.2) is 4.98 Å². The Kier molecular flexibility index (Phi) is 4.14. The molecule has 0 saturated heterocycles. The third-order valence-electron chi connectivity index (χ3n) is 5.58. The van der Waals surface area contributed by atoms with Crippen LogP contribution in [0.2, 0.25) is 0 Å². The molecule has 1 amide bonds. The molecule has 1 heterocycles. The molecule has 29 heavy (non-hydrogen) atoms. The molecule has 2 N–H and O–H groups in total. The minimum Gasteiger partial charge on any atom is -0.378 e. The Bertz CT molecular complexity index is 1270. The summed E-state index contributed by atoms with van der Waals surface area (Å²) in [6.45, 7) is 0. The van der Waals surface area contributed by atoms with Gasteiger partial charge in [0.05, 0.1) is 10.2 Å². The van der Waals surface area contributed by atoms with E-state index in [2.05, 4.69) is 55.4 Å². The van der Waals surface area contributed by atoms with Gasteiger partial charge in [0.2, 0.25) is 5.91 Å². The number of carbonyl (C=O) groups is 1. The first-order chi connectivity index (χ1) is 14.0. The van der Waals surface area contributed by atoms with Gasteiger partial charge in [0.1, 0.15) is 5.01 Å². The van der Waals surface area contributed by atoms with Gasteiger partial charge < -0.3 is 10.6 Å². The van der Waals surface area contributed by atoms with Crippen LogP contribution < -0.4 is 10.6 Å². The third kappa shape index (κ3) is 3.08. The molecule has 5 rings (SSSR count). The van der Waals surface area contributed by atoms with Crippen molar-refractivity contribution in [2.45, 2.75) is 12.8 Å². The number of nitrogens with two attached hydrogens (primary N) is 1. The molecular formula is C24H21N3OS. The molecule has 0 spiro atoms. The van der Waals surface area contributed by atoms with Crippen LogP contribution in [0.3, 0.4) is 0 Å². The van der Waals surface area contributed by atoms with E-state index in [9.17, 15) is 4.79 Å². The molecule has 0 unspecified atom stereocenters. The van der Waals surface area contributed by atoms with E-state index < -0.39 is 5.91 Å². The zero-order valence-electron chi connectivity index (χ0n) is 16.4. The standard InChI is InChI=1S/C24H21N3OS/c1-27(2)18-7-9-20-15(12-18)4-3-14-11-17(5-8-19(14)20)24-26-21-10-6-16(23(25)28)13-22(21)29-24/h5-13H,3-4H2,1-2H3,(H2,25,28). The summed E-state index contributed by atoms with van der Waals surface area (Å²) in [6, 6.07) is 18.8. The zero-order valence-corrected chi connectivity index (χ0v) is 17.2. The number of anilines is 1. The van der Waals surface area contributed by atoms with E-state index in [0.29, 0.717) is 5.56 Å². The van der Waals surface area contributed by atoms with Gasteiger partial charge >= 0.3 is 0 Å². The number of carbonyl (C=O) groups excluding carboxylic acids is 1. The van der Waals surface area contributed by atoms with Crippen molar-refractivity contribution in [3.63, 3.8) is 0 Å². The monoisotopic (exact) mass is 399 g/mol. The van der Waals surface area contributed by atoms with Crippen LogP contribution in [0.4, 0.5) is 5.69 Å². The van der Waals surface area contributed by atoms with E-state index in [1.807, 2.05) is 12.1 Å². The highest BCUT2D eigenvalue weighted by molar-refractivity contribution is 7.21. The summed E-state index contributed by atoms with van der Waals surface area (Å²) in [4.78, 5) is 18.4. The molecule has 4 aromatic rings. The number of hydrogen-bond acceptors (Lipinski definition) is 4. The summed E-state index contributed by atoms with van der Waals surface area (Å²) >= 11 is 1.60. The molecule has 0 radical (unpaired) electrons. The van der Waals surface area contributed by atoms with Gasteiger partial charge in [0.15, 0.2) is 0 Å². The largest absolute Gasteiger partial charge is 0.378 e. The smallest absolute Gasteiger partial charge is 0.248 e. The van der Waals surface area contributed by atoms with E-state index in [-0.39, 0.29) is 0 Å². The Morgan fingerprint density at radius 2 is 1.69 bits per heavy atom. The fraction of sp³-hybridized carbons (Fsp3) is 0.167. The molecule has 4 nitrogen and oxygen atoms in total. The maximum Gasteiger partial charge on any atom is 0.248 e. The Balaban J connectivity index is 1.55. The maximum atomic E-state index is 11.4. The van der Waals surface area contributed by atoms with E-state index in [1.54, 1.807) is 17.4 Å². The quantitative estimate of drug-likeness (QED) is 0.533.